The predicted octanol–water partition coefficient (Wildman–Crippen LogP) is 4.55. The van der Waals surface area contributed by atoms with Gasteiger partial charge in [-0.05, 0) is 11.6 Å². The summed E-state index contributed by atoms with van der Waals surface area (Å²) < 4.78 is 1.10. The second-order valence-corrected chi connectivity index (χ2v) is 7.05. The summed E-state index contributed by atoms with van der Waals surface area (Å²) in [7, 11) is 0. The summed E-state index contributed by atoms with van der Waals surface area (Å²) in [5.74, 6) is 0. The molecular weight excluding hydrogens is 270 g/mol. The molecule has 0 bridgehead atoms. The van der Waals surface area contributed by atoms with Gasteiger partial charge < -0.3 is 0 Å². The smallest absolute Gasteiger partial charge is 0.118 e. The van der Waals surface area contributed by atoms with Crippen molar-refractivity contribution in [3.05, 3.63) is 34.3 Å². The third-order valence-corrected chi connectivity index (χ3v) is 3.80. The van der Waals surface area contributed by atoms with E-state index in [1.807, 2.05) is 24.3 Å². The van der Waals surface area contributed by atoms with Crippen molar-refractivity contribution < 1.29 is 0 Å². The van der Waals surface area contributed by atoms with Crippen LogP contribution in [0.25, 0.3) is 0 Å². The molecule has 0 aliphatic heterocycles. The first kappa shape index (κ1) is 12.6. The summed E-state index contributed by atoms with van der Waals surface area (Å²) in [6.07, 6.45) is 0. The van der Waals surface area contributed by atoms with Crippen LogP contribution in [-0.2, 0) is 0 Å². The molecule has 15 heavy (non-hydrogen) atoms. The lowest BCUT2D eigenvalue weighted by molar-refractivity contribution is 0.799. The van der Waals surface area contributed by atoms with E-state index < -0.39 is 0 Å². The highest BCUT2D eigenvalue weighted by Gasteiger charge is 2.21. The first-order valence-electron chi connectivity index (χ1n) is 4.76. The Labute approximate surface area is 104 Å². The number of hydrogen-bond acceptors (Lipinski definition) is 2. The maximum atomic E-state index is 9.18. The van der Waals surface area contributed by atoms with Crippen LogP contribution in [0.2, 0.25) is 0 Å². The van der Waals surface area contributed by atoms with Crippen molar-refractivity contribution in [2.24, 2.45) is 0 Å². The van der Waals surface area contributed by atoms with Gasteiger partial charge in [0.2, 0.25) is 0 Å². The van der Waals surface area contributed by atoms with Crippen LogP contribution in [0.3, 0.4) is 0 Å². The zero-order valence-corrected chi connectivity index (χ0v) is 11.5. The first-order valence-corrected chi connectivity index (χ1v) is 6.43. The lowest BCUT2D eigenvalue weighted by Crippen LogP contribution is -2.10. The zero-order chi connectivity index (χ0) is 11.5. The van der Waals surface area contributed by atoms with Crippen molar-refractivity contribution >= 4 is 27.7 Å². The van der Waals surface area contributed by atoms with E-state index in [1.165, 1.54) is 0 Å². The fraction of sp³-hybridized carbons (Fsp3) is 0.417. The molecule has 3 heteroatoms. The number of thioether (sulfide) groups is 1. The Morgan fingerprint density at radius 2 is 1.93 bits per heavy atom. The van der Waals surface area contributed by atoms with Crippen molar-refractivity contribution in [3.8, 4) is 6.07 Å². The van der Waals surface area contributed by atoms with Gasteiger partial charge >= 0.3 is 0 Å². The number of hydrogen-bond donors (Lipinski definition) is 0. The van der Waals surface area contributed by atoms with Gasteiger partial charge in [-0.1, -0.05) is 54.9 Å². The molecule has 0 saturated carbocycles. The fourth-order valence-electron chi connectivity index (χ4n) is 1.20. The van der Waals surface area contributed by atoms with Crippen molar-refractivity contribution in [1.29, 1.82) is 5.26 Å². The van der Waals surface area contributed by atoms with Crippen LogP contribution in [0.1, 0.15) is 31.6 Å². The van der Waals surface area contributed by atoms with Crippen molar-refractivity contribution in [2.45, 2.75) is 30.8 Å². The average Bonchev–Trinajstić information content (AvgIpc) is 2.14. The molecule has 1 atom stereocenters. The Bertz CT molecular complexity index is 376. The Hall–Kier alpha value is -0.460. The molecule has 1 unspecified atom stereocenters. The lowest BCUT2D eigenvalue weighted by atomic mass is 10.2. The quantitative estimate of drug-likeness (QED) is 0.795. The minimum Gasteiger partial charge on any atom is -0.197 e. The van der Waals surface area contributed by atoms with E-state index in [0.29, 0.717) is 0 Å². The average molecular weight is 284 g/mol. The Morgan fingerprint density at radius 3 is 2.40 bits per heavy atom. The normalized spacial score (nSPS) is 13.3. The predicted molar refractivity (Wildman–Crippen MR) is 69.8 cm³/mol. The molecule has 0 aromatic heterocycles. The number of nitriles is 1. The molecule has 0 fully saturated rings. The van der Waals surface area contributed by atoms with E-state index in [-0.39, 0.29) is 10.00 Å². The fourth-order valence-corrected chi connectivity index (χ4v) is 2.96. The number of halogens is 1. The highest BCUT2D eigenvalue weighted by atomic mass is 79.9. The van der Waals surface area contributed by atoms with Gasteiger partial charge in [-0.15, -0.1) is 11.8 Å². The molecule has 0 aliphatic rings. The SMILES string of the molecule is CC(C)(C)SC(C#N)c1ccccc1Br. The molecule has 0 saturated heterocycles. The molecule has 0 heterocycles. The topological polar surface area (TPSA) is 23.8 Å². The van der Waals surface area contributed by atoms with E-state index in [1.54, 1.807) is 11.8 Å². The van der Waals surface area contributed by atoms with Gasteiger partial charge in [-0.2, -0.15) is 5.26 Å². The molecule has 80 valence electrons. The highest BCUT2D eigenvalue weighted by Crippen LogP contribution is 2.40. The first-order chi connectivity index (χ1) is 6.94. The van der Waals surface area contributed by atoms with Crippen LogP contribution in [0.4, 0.5) is 0 Å². The number of rotatable bonds is 2. The van der Waals surface area contributed by atoms with Gasteiger partial charge in [0, 0.05) is 9.22 Å². The van der Waals surface area contributed by atoms with Crippen LogP contribution in [0.15, 0.2) is 28.7 Å². The minimum absolute atomic E-state index is 0.0929. The summed E-state index contributed by atoms with van der Waals surface area (Å²) in [4.78, 5) is 0. The van der Waals surface area contributed by atoms with E-state index in [9.17, 15) is 5.26 Å². The standard InChI is InChI=1S/C12H14BrNS/c1-12(2,3)15-11(8-14)9-6-4-5-7-10(9)13/h4-7,11H,1-3H3. The van der Waals surface area contributed by atoms with Gasteiger partial charge in [-0.25, -0.2) is 0 Å². The molecule has 0 radical (unpaired) electrons. The largest absolute Gasteiger partial charge is 0.197 e. The Morgan fingerprint density at radius 1 is 1.33 bits per heavy atom. The monoisotopic (exact) mass is 283 g/mol. The summed E-state index contributed by atoms with van der Waals surface area (Å²) in [5.41, 5.74) is 1.06. The molecule has 1 nitrogen and oxygen atoms in total. The van der Waals surface area contributed by atoms with E-state index in [0.717, 1.165) is 10.0 Å². The highest BCUT2D eigenvalue weighted by molar-refractivity contribution is 9.10. The van der Waals surface area contributed by atoms with Crippen molar-refractivity contribution in [2.75, 3.05) is 0 Å². The van der Waals surface area contributed by atoms with Gasteiger partial charge in [0.1, 0.15) is 5.25 Å². The maximum absolute atomic E-state index is 9.18. The van der Waals surface area contributed by atoms with Crippen molar-refractivity contribution in [3.63, 3.8) is 0 Å². The molecule has 0 spiro atoms. The molecular formula is C12H14BrNS. The summed E-state index contributed by atoms with van der Waals surface area (Å²) in [5, 5.41) is 9.06. The minimum atomic E-state index is -0.111. The number of benzene rings is 1. The molecule has 0 amide bonds. The van der Waals surface area contributed by atoms with Gasteiger partial charge in [0.05, 0.1) is 6.07 Å². The van der Waals surface area contributed by atoms with Crippen LogP contribution >= 0.6 is 27.7 Å². The van der Waals surface area contributed by atoms with Crippen molar-refractivity contribution in [1.82, 2.24) is 0 Å². The molecule has 0 aliphatic carbocycles. The van der Waals surface area contributed by atoms with Gasteiger partial charge in [0.15, 0.2) is 0 Å². The van der Waals surface area contributed by atoms with Gasteiger partial charge in [-0.3, -0.25) is 0 Å². The summed E-state index contributed by atoms with van der Waals surface area (Å²) in [6, 6.07) is 10.2. The molecule has 1 aromatic rings. The lowest BCUT2D eigenvalue weighted by Gasteiger charge is -2.22. The van der Waals surface area contributed by atoms with Crippen LogP contribution in [0.5, 0.6) is 0 Å². The van der Waals surface area contributed by atoms with Gasteiger partial charge in [0.25, 0.3) is 0 Å². The van der Waals surface area contributed by atoms with E-state index in [2.05, 4.69) is 42.8 Å². The molecule has 1 aromatic carbocycles. The summed E-state index contributed by atoms with van der Waals surface area (Å²) >= 11 is 5.16. The second-order valence-electron chi connectivity index (χ2n) is 4.26. The Kier molecular flexibility index (Phi) is 4.24. The van der Waals surface area contributed by atoms with E-state index >= 15 is 0 Å². The van der Waals surface area contributed by atoms with Crippen LogP contribution in [-0.4, -0.2) is 4.75 Å². The molecule has 1 rings (SSSR count). The Balaban J connectivity index is 2.95. The third kappa shape index (κ3) is 3.89. The summed E-state index contributed by atoms with van der Waals surface area (Å²) in [6.45, 7) is 6.37. The van der Waals surface area contributed by atoms with Crippen LogP contribution < -0.4 is 0 Å². The van der Waals surface area contributed by atoms with E-state index in [4.69, 9.17) is 0 Å². The van der Waals surface area contributed by atoms with Crippen LogP contribution in [0, 0.1) is 11.3 Å². The maximum Gasteiger partial charge on any atom is 0.118 e. The zero-order valence-electron chi connectivity index (χ0n) is 9.12. The third-order valence-electron chi connectivity index (χ3n) is 1.78. The number of nitrogens with zero attached hydrogens (tertiary/aromatic N) is 1. The molecule has 0 N–H and O–H groups in total. The second kappa shape index (κ2) is 5.05.